The fourth-order valence-electron chi connectivity index (χ4n) is 2.87. The Bertz CT molecular complexity index is 1140. The molecule has 2 heterocycles. The third kappa shape index (κ3) is 3.95. The van der Waals surface area contributed by atoms with Crippen molar-refractivity contribution >= 4 is 28.7 Å². The Kier molecular flexibility index (Phi) is 5.22. The second-order valence-corrected chi connectivity index (χ2v) is 7.88. The lowest BCUT2D eigenvalue weighted by molar-refractivity contribution is 0.635. The molecular formula is C22H20FN5S. The van der Waals surface area contributed by atoms with E-state index in [4.69, 9.17) is 10.7 Å². The van der Waals surface area contributed by atoms with Gasteiger partial charge in [-0.2, -0.15) is 0 Å². The minimum atomic E-state index is -0.467. The van der Waals surface area contributed by atoms with Crippen LogP contribution in [0.25, 0.3) is 21.8 Å². The van der Waals surface area contributed by atoms with Crippen molar-refractivity contribution in [3.63, 3.8) is 0 Å². The van der Waals surface area contributed by atoms with E-state index in [-0.39, 0.29) is 11.6 Å². The zero-order chi connectivity index (χ0) is 20.4. The average Bonchev–Trinajstić information content (AvgIpc) is 3.17. The second kappa shape index (κ2) is 7.97. The summed E-state index contributed by atoms with van der Waals surface area (Å²) in [7, 11) is 0. The van der Waals surface area contributed by atoms with E-state index in [1.54, 1.807) is 24.4 Å². The highest BCUT2D eigenvalue weighted by Crippen LogP contribution is 2.40. The second-order valence-electron chi connectivity index (χ2n) is 6.85. The van der Waals surface area contributed by atoms with E-state index in [9.17, 15) is 4.39 Å². The van der Waals surface area contributed by atoms with Crippen LogP contribution in [0.5, 0.6) is 0 Å². The maximum Gasteiger partial charge on any atom is 0.227 e. The average molecular weight is 406 g/mol. The van der Waals surface area contributed by atoms with Gasteiger partial charge in [0.1, 0.15) is 0 Å². The Labute approximate surface area is 172 Å². The van der Waals surface area contributed by atoms with E-state index >= 15 is 0 Å². The molecule has 29 heavy (non-hydrogen) atoms. The van der Waals surface area contributed by atoms with Crippen LogP contribution < -0.4 is 11.1 Å². The van der Waals surface area contributed by atoms with Crippen LogP contribution in [0.4, 0.5) is 21.7 Å². The predicted molar refractivity (Wildman–Crippen MR) is 117 cm³/mol. The van der Waals surface area contributed by atoms with Crippen molar-refractivity contribution in [2.75, 3.05) is 11.1 Å². The van der Waals surface area contributed by atoms with Gasteiger partial charge in [0.15, 0.2) is 5.82 Å². The molecule has 0 fully saturated rings. The molecule has 4 rings (SSSR count). The SMILES string of the molecule is CC(C)c1nc(-c2cccc(N)c2F)c(-c2ccnc(Nc3ccccc3)n2)s1. The van der Waals surface area contributed by atoms with Crippen molar-refractivity contribution in [1.29, 1.82) is 0 Å². The molecule has 2 aromatic carbocycles. The number of aromatic nitrogens is 3. The summed E-state index contributed by atoms with van der Waals surface area (Å²) >= 11 is 1.51. The Morgan fingerprint density at radius 3 is 2.55 bits per heavy atom. The Morgan fingerprint density at radius 1 is 1.00 bits per heavy atom. The van der Waals surface area contributed by atoms with Crippen LogP contribution >= 0.6 is 11.3 Å². The van der Waals surface area contributed by atoms with E-state index < -0.39 is 5.82 Å². The van der Waals surface area contributed by atoms with Gasteiger partial charge >= 0.3 is 0 Å². The molecule has 0 radical (unpaired) electrons. The van der Waals surface area contributed by atoms with E-state index in [0.29, 0.717) is 22.9 Å². The van der Waals surface area contributed by atoms with E-state index in [1.807, 2.05) is 36.4 Å². The number of rotatable bonds is 5. The van der Waals surface area contributed by atoms with Gasteiger partial charge in [0.25, 0.3) is 0 Å². The first-order valence-electron chi connectivity index (χ1n) is 9.23. The number of halogens is 1. The van der Waals surface area contributed by atoms with Crippen molar-refractivity contribution in [3.8, 4) is 21.8 Å². The Balaban J connectivity index is 1.80. The van der Waals surface area contributed by atoms with Crippen LogP contribution in [0.1, 0.15) is 24.8 Å². The molecule has 0 saturated heterocycles. The molecule has 0 spiro atoms. The number of nitrogens with zero attached hydrogens (tertiary/aromatic N) is 3. The Hall–Kier alpha value is -3.32. The van der Waals surface area contributed by atoms with Crippen molar-refractivity contribution in [3.05, 3.63) is 71.6 Å². The highest BCUT2D eigenvalue weighted by molar-refractivity contribution is 7.15. The maximum atomic E-state index is 14.8. The summed E-state index contributed by atoms with van der Waals surface area (Å²) in [6.45, 7) is 4.12. The number of para-hydroxylation sites is 1. The van der Waals surface area contributed by atoms with E-state index in [0.717, 1.165) is 15.6 Å². The summed E-state index contributed by atoms with van der Waals surface area (Å²) in [4.78, 5) is 14.5. The molecule has 4 aromatic rings. The van der Waals surface area contributed by atoms with Crippen LogP contribution in [-0.2, 0) is 0 Å². The normalized spacial score (nSPS) is 11.0. The minimum Gasteiger partial charge on any atom is -0.396 e. The molecule has 2 aromatic heterocycles. The van der Waals surface area contributed by atoms with Crippen molar-refractivity contribution < 1.29 is 4.39 Å². The molecule has 3 N–H and O–H groups in total. The topological polar surface area (TPSA) is 76.7 Å². The summed E-state index contributed by atoms with van der Waals surface area (Å²) in [6, 6.07) is 16.5. The summed E-state index contributed by atoms with van der Waals surface area (Å²) in [5.41, 5.74) is 8.38. The number of thiazole rings is 1. The van der Waals surface area contributed by atoms with Crippen molar-refractivity contribution in [1.82, 2.24) is 15.0 Å². The lowest BCUT2D eigenvalue weighted by atomic mass is 10.1. The van der Waals surface area contributed by atoms with Gasteiger partial charge in [-0.3, -0.25) is 0 Å². The molecule has 0 unspecified atom stereocenters. The summed E-state index contributed by atoms with van der Waals surface area (Å²) in [5, 5.41) is 4.10. The first-order chi connectivity index (χ1) is 14.0. The standard InChI is InChI=1S/C22H20FN5S/c1-13(2)21-28-19(15-9-6-10-16(24)18(15)23)20(29-21)17-11-12-25-22(27-17)26-14-7-4-3-5-8-14/h3-13H,24H2,1-2H3,(H,25,26,27). The van der Waals surface area contributed by atoms with Crippen LogP contribution in [0.15, 0.2) is 60.8 Å². The van der Waals surface area contributed by atoms with Gasteiger partial charge in [-0.25, -0.2) is 19.3 Å². The third-order valence-corrected chi connectivity index (χ3v) is 5.72. The molecule has 0 saturated carbocycles. The predicted octanol–water partition coefficient (Wildman–Crippen LogP) is 5.86. The summed E-state index contributed by atoms with van der Waals surface area (Å²) in [5.74, 6) is 0.207. The first-order valence-corrected chi connectivity index (χ1v) is 10.0. The highest BCUT2D eigenvalue weighted by Gasteiger charge is 2.21. The van der Waals surface area contributed by atoms with Crippen LogP contribution in [0.2, 0.25) is 0 Å². The molecular weight excluding hydrogens is 385 g/mol. The summed E-state index contributed by atoms with van der Waals surface area (Å²) in [6.07, 6.45) is 1.68. The van der Waals surface area contributed by atoms with E-state index in [2.05, 4.69) is 29.1 Å². The molecule has 0 atom stereocenters. The van der Waals surface area contributed by atoms with Crippen molar-refractivity contribution in [2.24, 2.45) is 0 Å². The minimum absolute atomic E-state index is 0.0988. The Morgan fingerprint density at radius 2 is 1.79 bits per heavy atom. The number of nitrogen functional groups attached to an aromatic ring is 1. The number of nitrogens with two attached hydrogens (primary N) is 1. The number of hydrogen-bond acceptors (Lipinski definition) is 6. The molecule has 7 heteroatoms. The molecule has 0 aliphatic heterocycles. The zero-order valence-electron chi connectivity index (χ0n) is 16.1. The van der Waals surface area contributed by atoms with E-state index in [1.165, 1.54) is 11.3 Å². The number of hydrogen-bond donors (Lipinski definition) is 2. The summed E-state index contributed by atoms with van der Waals surface area (Å²) < 4.78 is 14.8. The number of anilines is 3. The quantitative estimate of drug-likeness (QED) is 0.407. The molecule has 0 aliphatic rings. The van der Waals surface area contributed by atoms with Gasteiger partial charge in [0.05, 0.1) is 27.0 Å². The van der Waals surface area contributed by atoms with Gasteiger partial charge in [-0.05, 0) is 30.3 Å². The lowest BCUT2D eigenvalue weighted by Crippen LogP contribution is -1.98. The third-order valence-electron chi connectivity index (χ3n) is 4.34. The van der Waals surface area contributed by atoms with Crippen LogP contribution in [-0.4, -0.2) is 15.0 Å². The van der Waals surface area contributed by atoms with Gasteiger partial charge in [0, 0.05) is 23.4 Å². The van der Waals surface area contributed by atoms with Crippen LogP contribution in [0.3, 0.4) is 0 Å². The van der Waals surface area contributed by atoms with Gasteiger partial charge < -0.3 is 11.1 Å². The molecule has 0 amide bonds. The highest BCUT2D eigenvalue weighted by atomic mass is 32.1. The molecule has 0 aliphatic carbocycles. The largest absolute Gasteiger partial charge is 0.396 e. The van der Waals surface area contributed by atoms with Crippen LogP contribution in [0, 0.1) is 5.82 Å². The fourth-order valence-corrected chi connectivity index (χ4v) is 3.92. The maximum absolute atomic E-state index is 14.8. The zero-order valence-corrected chi connectivity index (χ0v) is 16.9. The van der Waals surface area contributed by atoms with Gasteiger partial charge in [-0.15, -0.1) is 11.3 Å². The number of benzene rings is 2. The monoisotopic (exact) mass is 405 g/mol. The molecule has 5 nitrogen and oxygen atoms in total. The molecule has 146 valence electrons. The first kappa shape index (κ1) is 19.0. The fraction of sp³-hybridized carbons (Fsp3) is 0.136. The lowest BCUT2D eigenvalue weighted by Gasteiger charge is -2.08. The smallest absolute Gasteiger partial charge is 0.227 e. The molecule has 0 bridgehead atoms. The number of nitrogens with one attached hydrogen (secondary N) is 1. The van der Waals surface area contributed by atoms with Gasteiger partial charge in [0.2, 0.25) is 5.95 Å². The van der Waals surface area contributed by atoms with Gasteiger partial charge in [-0.1, -0.05) is 38.1 Å². The van der Waals surface area contributed by atoms with Crippen molar-refractivity contribution in [2.45, 2.75) is 19.8 Å².